The van der Waals surface area contributed by atoms with E-state index in [4.69, 9.17) is 18.9 Å². The zero-order valence-corrected chi connectivity index (χ0v) is 26.9. The third kappa shape index (κ3) is 7.86. The zero-order valence-electron chi connectivity index (χ0n) is 26.9. The normalized spacial score (nSPS) is 15.8. The Morgan fingerprint density at radius 1 is 1.00 bits per heavy atom. The van der Waals surface area contributed by atoms with Crippen LogP contribution in [0.1, 0.15) is 64.5 Å². The number of aryl methyl sites for hydroxylation is 1. The monoisotopic (exact) mass is 605 g/mol. The van der Waals surface area contributed by atoms with Crippen LogP contribution in [-0.4, -0.2) is 71.6 Å². The Balaban J connectivity index is 1.26. The molecular formula is C35H47N3O6. The second-order valence-electron chi connectivity index (χ2n) is 12.9. The van der Waals surface area contributed by atoms with Crippen LogP contribution >= 0.6 is 0 Å². The number of hydrogen-bond acceptors (Lipinski definition) is 7. The molecule has 1 saturated heterocycles. The van der Waals surface area contributed by atoms with Crippen molar-refractivity contribution in [1.82, 2.24) is 14.4 Å². The minimum atomic E-state index is -0.589. The Bertz CT molecular complexity index is 1500. The van der Waals surface area contributed by atoms with Gasteiger partial charge in [-0.05, 0) is 82.3 Å². The van der Waals surface area contributed by atoms with Crippen molar-refractivity contribution in [1.29, 1.82) is 0 Å². The summed E-state index contributed by atoms with van der Waals surface area (Å²) in [5.41, 5.74) is 2.28. The van der Waals surface area contributed by atoms with Crippen molar-refractivity contribution < 1.29 is 23.7 Å². The fourth-order valence-electron chi connectivity index (χ4n) is 5.92. The molecule has 0 aliphatic carbocycles. The number of carbonyl (C=O) groups excluding carboxylic acids is 1. The van der Waals surface area contributed by atoms with E-state index in [0.29, 0.717) is 38.7 Å². The van der Waals surface area contributed by atoms with Gasteiger partial charge in [0.25, 0.3) is 5.56 Å². The highest BCUT2D eigenvalue weighted by Crippen LogP contribution is 2.32. The van der Waals surface area contributed by atoms with E-state index in [9.17, 15) is 9.59 Å². The number of unbranched alkanes of at least 4 members (excludes halogenated alkanes) is 1. The Morgan fingerprint density at radius 2 is 1.75 bits per heavy atom. The number of benzene rings is 2. The summed E-state index contributed by atoms with van der Waals surface area (Å²) in [7, 11) is 0. The molecule has 1 fully saturated rings. The summed E-state index contributed by atoms with van der Waals surface area (Å²) in [6, 6.07) is 13.7. The number of fused-ring (bicyclic) bond motifs is 2. The van der Waals surface area contributed by atoms with Crippen LogP contribution in [0.3, 0.4) is 0 Å². The molecule has 0 N–H and O–H groups in total. The summed E-state index contributed by atoms with van der Waals surface area (Å²) in [4.78, 5) is 30.8. The lowest BCUT2D eigenvalue weighted by atomic mass is 10.0. The lowest BCUT2D eigenvalue weighted by molar-refractivity contribution is 0.00562. The summed E-state index contributed by atoms with van der Waals surface area (Å²) in [5, 5.41) is 1.07. The van der Waals surface area contributed by atoms with Crippen LogP contribution in [0.15, 0.2) is 47.3 Å². The van der Waals surface area contributed by atoms with E-state index in [-0.39, 0.29) is 17.7 Å². The third-order valence-corrected chi connectivity index (χ3v) is 8.28. The summed E-state index contributed by atoms with van der Waals surface area (Å²) in [6.45, 7) is 15.0. The maximum absolute atomic E-state index is 13.4. The van der Waals surface area contributed by atoms with Crippen LogP contribution in [0, 0.1) is 6.92 Å². The zero-order chi connectivity index (χ0) is 31.3. The maximum Gasteiger partial charge on any atom is 0.410 e. The summed E-state index contributed by atoms with van der Waals surface area (Å²) < 4.78 is 25.1. The van der Waals surface area contributed by atoms with Crippen molar-refractivity contribution in [2.75, 3.05) is 39.5 Å². The number of hydrogen-bond donors (Lipinski definition) is 0. The fourth-order valence-corrected chi connectivity index (χ4v) is 5.92. The number of nitrogens with zero attached hydrogens (tertiary/aromatic N) is 3. The molecule has 2 aliphatic heterocycles. The van der Waals surface area contributed by atoms with E-state index in [1.54, 1.807) is 6.07 Å². The number of amides is 1. The van der Waals surface area contributed by atoms with Gasteiger partial charge < -0.3 is 33.3 Å². The largest absolute Gasteiger partial charge is 0.494 e. The fraction of sp³-hybridized carbons (Fsp3) is 0.543. The van der Waals surface area contributed by atoms with Crippen molar-refractivity contribution in [2.45, 2.75) is 85.0 Å². The molecule has 0 saturated carbocycles. The van der Waals surface area contributed by atoms with Gasteiger partial charge in [0.1, 0.15) is 24.6 Å². The lowest BCUT2D eigenvalue weighted by Gasteiger charge is -2.39. The van der Waals surface area contributed by atoms with Crippen molar-refractivity contribution in [3.63, 3.8) is 0 Å². The van der Waals surface area contributed by atoms with Crippen molar-refractivity contribution in [2.24, 2.45) is 0 Å². The van der Waals surface area contributed by atoms with Crippen LogP contribution in [-0.2, 0) is 17.8 Å². The van der Waals surface area contributed by atoms with Gasteiger partial charge in [-0.2, -0.15) is 0 Å². The average molecular weight is 606 g/mol. The van der Waals surface area contributed by atoms with E-state index < -0.39 is 5.60 Å². The standard InChI is InChI=1S/C35H47N3O6/c1-6-7-18-41-28-9-10-29-25(2)21-33(39)37(30(29)23-28)17-16-36-14-12-27(13-15-36)38(34(40)44-35(3,4)5)24-26-8-11-31-32(22-26)43-20-19-42-31/h8-11,21-23,27H,6-7,12-20,24H2,1-5H3. The van der Waals surface area contributed by atoms with Crippen molar-refractivity contribution >= 4 is 17.0 Å². The molecule has 0 spiro atoms. The van der Waals surface area contributed by atoms with Crippen LogP contribution in [0.5, 0.6) is 17.2 Å². The van der Waals surface area contributed by atoms with Gasteiger partial charge in [-0.1, -0.05) is 19.4 Å². The second-order valence-corrected chi connectivity index (χ2v) is 12.9. The molecule has 2 aliphatic rings. The Labute approximate surface area is 260 Å². The highest BCUT2D eigenvalue weighted by atomic mass is 16.6. The number of piperidine rings is 1. The number of pyridine rings is 1. The summed E-state index contributed by atoms with van der Waals surface area (Å²) >= 11 is 0. The van der Waals surface area contributed by atoms with Gasteiger partial charge in [-0.3, -0.25) is 4.79 Å². The molecule has 3 aromatic rings. The predicted octanol–water partition coefficient (Wildman–Crippen LogP) is 6.16. The van der Waals surface area contributed by atoms with E-state index in [1.807, 2.05) is 67.5 Å². The third-order valence-electron chi connectivity index (χ3n) is 8.28. The van der Waals surface area contributed by atoms with E-state index >= 15 is 0 Å². The first-order chi connectivity index (χ1) is 21.1. The van der Waals surface area contributed by atoms with Crippen LogP contribution in [0.25, 0.3) is 10.9 Å². The number of ether oxygens (including phenoxy) is 4. The van der Waals surface area contributed by atoms with Gasteiger partial charge in [0.2, 0.25) is 0 Å². The highest BCUT2D eigenvalue weighted by Gasteiger charge is 2.31. The molecule has 44 heavy (non-hydrogen) atoms. The number of aromatic nitrogens is 1. The molecule has 0 atom stereocenters. The Kier molecular flexibility index (Phi) is 10.0. The molecule has 0 unspecified atom stereocenters. The molecule has 3 heterocycles. The van der Waals surface area contributed by atoms with Gasteiger partial charge in [-0.25, -0.2) is 4.79 Å². The number of rotatable bonds is 10. The maximum atomic E-state index is 13.4. The van der Waals surface area contributed by atoms with E-state index in [2.05, 4.69) is 17.9 Å². The first kappa shape index (κ1) is 31.7. The molecule has 0 radical (unpaired) electrons. The minimum Gasteiger partial charge on any atom is -0.494 e. The molecule has 0 bridgehead atoms. The van der Waals surface area contributed by atoms with Gasteiger partial charge in [0.15, 0.2) is 11.5 Å². The van der Waals surface area contributed by atoms with Crippen LogP contribution < -0.4 is 19.8 Å². The minimum absolute atomic E-state index is 0.00567. The molecule has 9 heteroatoms. The molecule has 9 nitrogen and oxygen atoms in total. The number of likely N-dealkylation sites (tertiary alicyclic amines) is 1. The highest BCUT2D eigenvalue weighted by molar-refractivity contribution is 5.83. The average Bonchev–Trinajstić information content (AvgIpc) is 2.99. The van der Waals surface area contributed by atoms with Gasteiger partial charge in [-0.15, -0.1) is 0 Å². The van der Waals surface area contributed by atoms with Gasteiger partial charge in [0, 0.05) is 56.3 Å². The first-order valence-electron chi connectivity index (χ1n) is 16.0. The molecule has 238 valence electrons. The quantitative estimate of drug-likeness (QED) is 0.256. The van der Waals surface area contributed by atoms with Crippen molar-refractivity contribution in [3.8, 4) is 17.2 Å². The molecule has 1 amide bonds. The predicted molar refractivity (Wildman–Crippen MR) is 172 cm³/mol. The Hall–Kier alpha value is -3.72. The van der Waals surface area contributed by atoms with Gasteiger partial charge >= 0.3 is 6.09 Å². The molecular weight excluding hydrogens is 558 g/mol. The Morgan fingerprint density at radius 3 is 2.48 bits per heavy atom. The molecule has 2 aromatic carbocycles. The SMILES string of the molecule is CCCCOc1ccc2c(C)cc(=O)n(CCN3CCC(N(Cc4ccc5c(c4)OCCO5)C(=O)OC(C)(C)C)CC3)c2c1. The van der Waals surface area contributed by atoms with Crippen LogP contribution in [0.4, 0.5) is 4.79 Å². The topological polar surface area (TPSA) is 82.5 Å². The van der Waals surface area contributed by atoms with E-state index in [1.165, 1.54) is 0 Å². The smallest absolute Gasteiger partial charge is 0.410 e. The molecule has 1 aromatic heterocycles. The second kappa shape index (κ2) is 13.9. The van der Waals surface area contributed by atoms with E-state index in [0.717, 1.165) is 78.8 Å². The van der Waals surface area contributed by atoms with Crippen LogP contribution in [0.2, 0.25) is 0 Å². The first-order valence-corrected chi connectivity index (χ1v) is 16.0. The van der Waals surface area contributed by atoms with Gasteiger partial charge in [0.05, 0.1) is 12.1 Å². The van der Waals surface area contributed by atoms with Crippen molar-refractivity contribution in [3.05, 3.63) is 63.9 Å². The molecule has 5 rings (SSSR count). The summed E-state index contributed by atoms with van der Waals surface area (Å²) in [5.74, 6) is 2.25. The lowest BCUT2D eigenvalue weighted by Crippen LogP contribution is -2.49. The number of carbonyl (C=O) groups is 1. The summed E-state index contributed by atoms with van der Waals surface area (Å²) in [6.07, 6.45) is 3.41.